The number of rotatable bonds is 10. The molecule has 0 saturated heterocycles. The average Bonchev–Trinajstić information content (AvgIpc) is 2.78. The van der Waals surface area contributed by atoms with Gasteiger partial charge in [0.2, 0.25) is 0 Å². The summed E-state index contributed by atoms with van der Waals surface area (Å²) in [6.45, 7) is 12.9. The number of nitrogens with zero attached hydrogens (tertiary/aromatic N) is 2. The molecule has 0 unspecified atom stereocenters. The molecule has 0 aromatic carbocycles. The second kappa shape index (κ2) is 8.56. The standard InChI is InChI=1S/C14H28N2O3Si/c1-6-16-12-13(5)15-14(16)10-11-20(17-7-2,18-8-3)19-9-4/h12H,6-11H2,1-5H3. The van der Waals surface area contributed by atoms with Crippen molar-refractivity contribution in [2.75, 3.05) is 19.8 Å². The van der Waals surface area contributed by atoms with Crippen molar-refractivity contribution in [1.29, 1.82) is 0 Å². The van der Waals surface area contributed by atoms with E-state index in [4.69, 9.17) is 13.3 Å². The second-order valence-corrected chi connectivity index (χ2v) is 7.30. The third-order valence-electron chi connectivity index (χ3n) is 3.07. The van der Waals surface area contributed by atoms with Gasteiger partial charge in [0.15, 0.2) is 0 Å². The topological polar surface area (TPSA) is 45.5 Å². The molecule has 116 valence electrons. The van der Waals surface area contributed by atoms with Crippen LogP contribution in [-0.4, -0.2) is 38.2 Å². The molecule has 5 nitrogen and oxygen atoms in total. The first-order valence-corrected chi connectivity index (χ1v) is 9.48. The molecule has 20 heavy (non-hydrogen) atoms. The van der Waals surface area contributed by atoms with Crippen LogP contribution in [0.25, 0.3) is 0 Å². The van der Waals surface area contributed by atoms with Crippen molar-refractivity contribution < 1.29 is 13.3 Å². The van der Waals surface area contributed by atoms with Crippen LogP contribution in [-0.2, 0) is 26.2 Å². The lowest BCUT2D eigenvalue weighted by atomic mass is 10.4. The summed E-state index contributed by atoms with van der Waals surface area (Å²) in [7, 11) is -2.56. The van der Waals surface area contributed by atoms with E-state index in [1.54, 1.807) is 0 Å². The summed E-state index contributed by atoms with van der Waals surface area (Å²) in [6.07, 6.45) is 2.91. The van der Waals surface area contributed by atoms with Crippen LogP contribution in [0, 0.1) is 6.92 Å². The van der Waals surface area contributed by atoms with E-state index < -0.39 is 8.80 Å². The predicted octanol–water partition coefficient (Wildman–Crippen LogP) is 2.80. The molecule has 0 radical (unpaired) electrons. The maximum absolute atomic E-state index is 5.87. The van der Waals surface area contributed by atoms with Gasteiger partial charge in [0.1, 0.15) is 5.82 Å². The van der Waals surface area contributed by atoms with E-state index in [0.29, 0.717) is 19.8 Å². The molecular formula is C14H28N2O3Si. The van der Waals surface area contributed by atoms with Gasteiger partial charge in [-0.3, -0.25) is 0 Å². The molecule has 0 bridgehead atoms. The molecule has 0 spiro atoms. The predicted molar refractivity (Wildman–Crippen MR) is 81.8 cm³/mol. The molecule has 0 aliphatic heterocycles. The number of imidazole rings is 1. The molecule has 1 aromatic heterocycles. The van der Waals surface area contributed by atoms with Crippen molar-refractivity contribution in [3.05, 3.63) is 17.7 Å². The van der Waals surface area contributed by atoms with Gasteiger partial charge in [-0.2, -0.15) is 0 Å². The number of hydrogen-bond acceptors (Lipinski definition) is 4. The molecule has 1 heterocycles. The van der Waals surface area contributed by atoms with Crippen LogP contribution in [0.1, 0.15) is 39.2 Å². The van der Waals surface area contributed by atoms with Gasteiger partial charge in [0.05, 0.1) is 5.69 Å². The molecule has 0 N–H and O–H groups in total. The maximum Gasteiger partial charge on any atom is 0.501 e. The van der Waals surface area contributed by atoms with Crippen molar-refractivity contribution >= 4 is 8.80 Å². The Hall–Kier alpha value is -0.693. The van der Waals surface area contributed by atoms with Gasteiger partial charge < -0.3 is 17.8 Å². The van der Waals surface area contributed by atoms with Gasteiger partial charge >= 0.3 is 8.80 Å². The molecule has 0 aliphatic rings. The van der Waals surface area contributed by atoms with E-state index >= 15 is 0 Å². The summed E-state index contributed by atoms with van der Waals surface area (Å²) in [4.78, 5) is 4.58. The molecule has 6 heteroatoms. The Morgan fingerprint density at radius 3 is 2.05 bits per heavy atom. The summed E-state index contributed by atoms with van der Waals surface area (Å²) in [5.74, 6) is 1.08. The second-order valence-electron chi connectivity index (χ2n) is 4.57. The van der Waals surface area contributed by atoms with Crippen LogP contribution in [0.2, 0.25) is 6.04 Å². The van der Waals surface area contributed by atoms with Gasteiger partial charge in [-0.05, 0) is 34.6 Å². The van der Waals surface area contributed by atoms with Gasteiger partial charge in [0, 0.05) is 45.0 Å². The third kappa shape index (κ3) is 4.70. The van der Waals surface area contributed by atoms with E-state index in [2.05, 4.69) is 22.7 Å². The molecule has 1 aromatic rings. The van der Waals surface area contributed by atoms with Crippen LogP contribution in [0.3, 0.4) is 0 Å². The first-order valence-electron chi connectivity index (χ1n) is 7.55. The minimum absolute atomic E-state index is 0.619. The van der Waals surface area contributed by atoms with E-state index in [1.165, 1.54) is 0 Å². The highest BCUT2D eigenvalue weighted by Gasteiger charge is 2.40. The van der Waals surface area contributed by atoms with Crippen LogP contribution in [0.5, 0.6) is 0 Å². The lowest BCUT2D eigenvalue weighted by Gasteiger charge is -2.28. The lowest BCUT2D eigenvalue weighted by Crippen LogP contribution is -2.46. The summed E-state index contributed by atoms with van der Waals surface area (Å²) >= 11 is 0. The van der Waals surface area contributed by atoms with Crippen molar-refractivity contribution in [3.8, 4) is 0 Å². The minimum atomic E-state index is -2.56. The molecule has 0 saturated carbocycles. The molecule has 1 rings (SSSR count). The van der Waals surface area contributed by atoms with Gasteiger partial charge in [-0.25, -0.2) is 4.98 Å². The Morgan fingerprint density at radius 1 is 1.05 bits per heavy atom. The van der Waals surface area contributed by atoms with E-state index in [9.17, 15) is 0 Å². The van der Waals surface area contributed by atoms with E-state index in [1.807, 2.05) is 27.7 Å². The maximum atomic E-state index is 5.87. The Kier molecular flexibility index (Phi) is 7.43. The summed E-state index contributed by atoms with van der Waals surface area (Å²) in [5, 5.41) is 0. The fourth-order valence-corrected chi connectivity index (χ4v) is 4.87. The zero-order chi connectivity index (χ0) is 15.0. The van der Waals surface area contributed by atoms with Gasteiger partial charge in [-0.1, -0.05) is 0 Å². The Labute approximate surface area is 123 Å². The zero-order valence-corrected chi connectivity index (χ0v) is 14.4. The molecular weight excluding hydrogens is 272 g/mol. The van der Waals surface area contributed by atoms with E-state index in [0.717, 1.165) is 30.5 Å². The highest BCUT2D eigenvalue weighted by Crippen LogP contribution is 2.19. The fourth-order valence-electron chi connectivity index (χ4n) is 2.34. The normalized spacial score (nSPS) is 12.1. The van der Waals surface area contributed by atoms with Crippen molar-refractivity contribution in [2.24, 2.45) is 0 Å². The number of aryl methyl sites for hydroxylation is 3. The van der Waals surface area contributed by atoms with Crippen LogP contribution in [0.4, 0.5) is 0 Å². The first-order chi connectivity index (χ1) is 9.60. The van der Waals surface area contributed by atoms with Crippen LogP contribution < -0.4 is 0 Å². The molecule has 0 aliphatic carbocycles. The van der Waals surface area contributed by atoms with E-state index in [-0.39, 0.29) is 0 Å². The summed E-state index contributed by atoms with van der Waals surface area (Å²) < 4.78 is 19.8. The molecule has 0 amide bonds. The van der Waals surface area contributed by atoms with Crippen molar-refractivity contribution in [2.45, 2.75) is 53.6 Å². The van der Waals surface area contributed by atoms with Gasteiger partial charge in [0.25, 0.3) is 0 Å². The van der Waals surface area contributed by atoms with Gasteiger partial charge in [-0.15, -0.1) is 0 Å². The average molecular weight is 300 g/mol. The first kappa shape index (κ1) is 17.4. The van der Waals surface area contributed by atoms with Crippen LogP contribution >= 0.6 is 0 Å². The quantitative estimate of drug-likeness (QED) is 0.623. The monoisotopic (exact) mass is 300 g/mol. The minimum Gasteiger partial charge on any atom is -0.374 e. The molecule has 0 fully saturated rings. The van der Waals surface area contributed by atoms with Crippen molar-refractivity contribution in [1.82, 2.24) is 9.55 Å². The Morgan fingerprint density at radius 2 is 1.60 bits per heavy atom. The Balaban J connectivity index is 2.78. The van der Waals surface area contributed by atoms with Crippen molar-refractivity contribution in [3.63, 3.8) is 0 Å². The summed E-state index contributed by atoms with van der Waals surface area (Å²) in [5.41, 5.74) is 1.05. The van der Waals surface area contributed by atoms with Crippen LogP contribution in [0.15, 0.2) is 6.20 Å². The number of hydrogen-bond donors (Lipinski definition) is 0. The molecule has 0 atom stereocenters. The Bertz CT molecular complexity index is 379. The smallest absolute Gasteiger partial charge is 0.374 e. The lowest BCUT2D eigenvalue weighted by molar-refractivity contribution is 0.0712. The SMILES string of the molecule is CCO[Si](CCc1nc(C)cn1CC)(OCC)OCC. The summed E-state index contributed by atoms with van der Waals surface area (Å²) in [6, 6.07) is 0.777. The largest absolute Gasteiger partial charge is 0.501 e. The fraction of sp³-hybridized carbons (Fsp3) is 0.786. The zero-order valence-electron chi connectivity index (χ0n) is 13.4. The number of aromatic nitrogens is 2. The third-order valence-corrected chi connectivity index (χ3v) is 6.12. The highest BCUT2D eigenvalue weighted by molar-refractivity contribution is 6.60. The highest BCUT2D eigenvalue weighted by atomic mass is 28.4.